The third-order valence-corrected chi connectivity index (χ3v) is 12.4. The van der Waals surface area contributed by atoms with Crippen molar-refractivity contribution in [1.29, 1.82) is 0 Å². The van der Waals surface area contributed by atoms with Gasteiger partial charge in [-0.2, -0.15) is 16.8 Å². The monoisotopic (exact) mass is 987 g/mol. The smallest absolute Gasteiger partial charge is 0.354 e. The van der Waals surface area contributed by atoms with Gasteiger partial charge in [0.2, 0.25) is 0 Å². The van der Waals surface area contributed by atoms with Gasteiger partial charge in [-0.3, -0.25) is 14.1 Å². The summed E-state index contributed by atoms with van der Waals surface area (Å²) in [4.78, 5) is 20.0. The highest BCUT2D eigenvalue weighted by Crippen LogP contribution is 2.46. The van der Waals surface area contributed by atoms with Gasteiger partial charge in [0.25, 0.3) is 20.2 Å². The van der Waals surface area contributed by atoms with Crippen LogP contribution in [0.15, 0.2) is 154 Å². The molecule has 28 heteroatoms. The van der Waals surface area contributed by atoms with Gasteiger partial charge in [0, 0.05) is 31.8 Å². The number of hydrogen-bond donors (Lipinski definition) is 7. The average Bonchev–Trinajstić information content (AvgIpc) is 3.30. The minimum atomic E-state index is -4.79. The van der Waals surface area contributed by atoms with E-state index in [0.717, 1.165) is 36.3 Å². The predicted molar refractivity (Wildman–Crippen MR) is 238 cm³/mol. The lowest BCUT2D eigenvalue weighted by molar-refractivity contribution is -0.432. The second-order valence-corrected chi connectivity index (χ2v) is 17.9. The lowest BCUT2D eigenvalue weighted by atomic mass is 10.1. The first-order chi connectivity index (χ1) is 32.0. The quantitative estimate of drug-likeness (QED) is 0.0125. The number of fused-ring (bicyclic) bond motifs is 4. The topological polar surface area (TPSA) is 370 Å². The summed E-state index contributed by atoms with van der Waals surface area (Å²) in [6.45, 7) is 0. The number of rotatable bonds is 15. The number of pyridine rings is 2. The Morgan fingerprint density at radius 1 is 0.642 bits per heavy atom. The Labute approximate surface area is 382 Å². The van der Waals surface area contributed by atoms with E-state index in [-0.39, 0.29) is 66.1 Å². The van der Waals surface area contributed by atoms with Crippen LogP contribution in [-0.2, 0) is 39.0 Å². The molecule has 2 heterocycles. The molecule has 0 unspecified atom stereocenters. The van der Waals surface area contributed by atoms with Gasteiger partial charge < -0.3 is 15.9 Å². The number of phenolic OH excluding ortho intramolecular Hbond substituents is 1. The summed E-state index contributed by atoms with van der Waals surface area (Å²) >= 11 is 1.09. The Kier molecular flexibility index (Phi) is 13.1. The van der Waals surface area contributed by atoms with Gasteiger partial charge >= 0.3 is 5.97 Å². The standard InChI is InChI=1S/C39H25N9O15S4/c40-27-16-25-18(14-35(27)67(57,58)59)13-34(65-63-61-53)37(38(25)49)48-46-31-8-7-29(23-3-2-22(15-26(23)31)66(54,55)56)45-47-32-10-9-30(24-4-6-33(39(50)51)42-36(24)32)44-43-20-11-19-12-21(64-62-60-52)1-5-28(19)41-17-20/h1-17,49,52-53H,40H2,(H,50,51)(H,54,55,56)(H,57,58,59). The van der Waals surface area contributed by atoms with Gasteiger partial charge in [-0.05, 0) is 96.4 Å². The van der Waals surface area contributed by atoms with E-state index in [1.54, 1.807) is 30.3 Å². The molecule has 0 aliphatic carbocycles. The summed E-state index contributed by atoms with van der Waals surface area (Å²) in [6, 6.07) is 22.2. The van der Waals surface area contributed by atoms with Gasteiger partial charge in [0.15, 0.2) is 5.75 Å². The SMILES string of the molecule is Nc1cc2c(O)c(N=Nc3ccc(N=Nc4ccc(N=Nc5cnc6ccc(SOOO)cc6c5)c5ccc(C(=O)O)nc45)c4ccc(S(=O)(=O)O)cc34)c(SOOO)cc2cc1S(=O)(=O)O. The Morgan fingerprint density at radius 2 is 1.30 bits per heavy atom. The van der Waals surface area contributed by atoms with Gasteiger partial charge in [-0.25, -0.2) is 20.3 Å². The maximum atomic E-state index is 12.3. The molecule has 340 valence electrons. The van der Waals surface area contributed by atoms with Crippen molar-refractivity contribution in [2.45, 2.75) is 19.6 Å². The number of benzene rings is 6. The van der Waals surface area contributed by atoms with Crippen molar-refractivity contribution in [3.05, 3.63) is 109 Å². The number of aromatic hydroxyl groups is 1. The van der Waals surface area contributed by atoms with Crippen molar-refractivity contribution in [3.8, 4) is 5.75 Å². The van der Waals surface area contributed by atoms with Crippen LogP contribution in [0.4, 0.5) is 39.8 Å². The Balaban J connectivity index is 1.19. The molecule has 0 atom stereocenters. The number of anilines is 1. The molecule has 67 heavy (non-hydrogen) atoms. The molecule has 8 N–H and O–H groups in total. The highest BCUT2D eigenvalue weighted by molar-refractivity contribution is 7.95. The first-order valence-electron chi connectivity index (χ1n) is 18.2. The fraction of sp³-hybridized carbons (Fsp3) is 0. The van der Waals surface area contributed by atoms with E-state index in [1.807, 2.05) is 0 Å². The largest absolute Gasteiger partial charge is 0.505 e. The highest BCUT2D eigenvalue weighted by Gasteiger charge is 2.22. The van der Waals surface area contributed by atoms with Crippen molar-refractivity contribution in [2.24, 2.45) is 30.7 Å². The third kappa shape index (κ3) is 9.99. The second-order valence-electron chi connectivity index (χ2n) is 13.5. The molecule has 8 aromatic rings. The maximum Gasteiger partial charge on any atom is 0.354 e. The molecule has 2 aromatic heterocycles. The number of nitrogens with zero attached hydrogens (tertiary/aromatic N) is 8. The fourth-order valence-electron chi connectivity index (χ4n) is 6.51. The highest BCUT2D eigenvalue weighted by atomic mass is 32.2. The molecule has 0 bridgehead atoms. The van der Waals surface area contributed by atoms with Crippen molar-refractivity contribution in [2.75, 3.05) is 5.73 Å². The van der Waals surface area contributed by atoms with E-state index in [2.05, 4.69) is 59.4 Å². The molecule has 6 aromatic carbocycles. The lowest BCUT2D eigenvalue weighted by Crippen LogP contribution is -2.03. The molecule has 8 rings (SSSR count). The van der Waals surface area contributed by atoms with E-state index in [4.69, 9.17) is 16.2 Å². The number of aromatic carboxylic acids is 1. The van der Waals surface area contributed by atoms with E-state index >= 15 is 0 Å². The summed E-state index contributed by atoms with van der Waals surface area (Å²) in [6.07, 6.45) is 1.49. The predicted octanol–water partition coefficient (Wildman–Crippen LogP) is 10.7. The molecule has 0 aliphatic rings. The number of hydrogen-bond acceptors (Lipinski definition) is 23. The Morgan fingerprint density at radius 3 is 2.01 bits per heavy atom. The number of aromatic nitrogens is 2. The third-order valence-electron chi connectivity index (χ3n) is 9.48. The molecule has 0 amide bonds. The van der Waals surface area contributed by atoms with Crippen LogP contribution in [0.25, 0.3) is 43.4 Å². The molecule has 0 fully saturated rings. The van der Waals surface area contributed by atoms with Crippen LogP contribution in [0.1, 0.15) is 10.5 Å². The molecule has 0 radical (unpaired) electrons. The lowest BCUT2D eigenvalue weighted by Gasteiger charge is -2.12. The number of nitrogen functional groups attached to an aromatic ring is 1. The first kappa shape index (κ1) is 46.3. The molecule has 0 spiro atoms. The molecule has 0 saturated carbocycles. The van der Waals surface area contributed by atoms with Crippen LogP contribution in [-0.4, -0.2) is 62.6 Å². The zero-order chi connectivity index (χ0) is 47.6. The van der Waals surface area contributed by atoms with Gasteiger partial charge in [-0.15, -0.1) is 39.4 Å². The fourth-order valence-corrected chi connectivity index (χ4v) is 8.56. The van der Waals surface area contributed by atoms with Gasteiger partial charge in [-0.1, -0.05) is 16.1 Å². The number of phenols is 1. The van der Waals surface area contributed by atoms with Gasteiger partial charge in [0.05, 0.1) is 68.3 Å². The zero-order valence-electron chi connectivity index (χ0n) is 33.0. The molecule has 0 aliphatic heterocycles. The van der Waals surface area contributed by atoms with Crippen molar-refractivity contribution in [3.63, 3.8) is 0 Å². The summed E-state index contributed by atoms with van der Waals surface area (Å²) in [7, 11) is -9.57. The summed E-state index contributed by atoms with van der Waals surface area (Å²) in [5.74, 6) is -1.95. The maximum absolute atomic E-state index is 12.3. The number of carbonyl (C=O) groups is 1. The minimum absolute atomic E-state index is 0.0258. The van der Waals surface area contributed by atoms with Crippen LogP contribution < -0.4 is 5.73 Å². The number of nitrogens with two attached hydrogens (primary N) is 1. The molecule has 0 saturated heterocycles. The summed E-state index contributed by atoms with van der Waals surface area (Å²) in [5.41, 5.74) is 6.28. The summed E-state index contributed by atoms with van der Waals surface area (Å²) in [5, 5.41) is 72.8. The normalized spacial score (nSPS) is 12.5. The number of carboxylic acid groups (broad SMARTS) is 1. The Hall–Kier alpha value is -7.19. The second kappa shape index (κ2) is 19.0. The van der Waals surface area contributed by atoms with Crippen LogP contribution >= 0.6 is 24.1 Å². The van der Waals surface area contributed by atoms with Crippen molar-refractivity contribution < 1.29 is 70.2 Å². The molecular formula is C39H25N9O15S4. The Bertz CT molecular complexity index is 3660. The van der Waals surface area contributed by atoms with E-state index in [9.17, 15) is 40.9 Å². The summed E-state index contributed by atoms with van der Waals surface area (Å²) < 4.78 is 76.9. The van der Waals surface area contributed by atoms with Crippen LogP contribution in [0, 0.1) is 0 Å². The van der Waals surface area contributed by atoms with Crippen molar-refractivity contribution >= 4 is 133 Å². The first-order valence-corrected chi connectivity index (χ1v) is 22.6. The van der Waals surface area contributed by atoms with Crippen molar-refractivity contribution in [1.82, 2.24) is 9.97 Å². The van der Waals surface area contributed by atoms with Crippen LogP contribution in [0.5, 0.6) is 5.75 Å². The molecular weight excluding hydrogens is 963 g/mol. The van der Waals surface area contributed by atoms with E-state index in [1.165, 1.54) is 48.7 Å². The average molecular weight is 988 g/mol. The van der Waals surface area contributed by atoms with E-state index < -0.39 is 47.4 Å². The van der Waals surface area contributed by atoms with E-state index in [0.29, 0.717) is 38.9 Å². The zero-order valence-corrected chi connectivity index (χ0v) is 36.2. The van der Waals surface area contributed by atoms with Crippen LogP contribution in [0.2, 0.25) is 0 Å². The minimum Gasteiger partial charge on any atom is -0.505 e. The van der Waals surface area contributed by atoms with Gasteiger partial charge in [0.1, 0.15) is 33.2 Å². The number of carboxylic acids is 1. The number of azo groups is 3. The molecule has 24 nitrogen and oxygen atoms in total. The van der Waals surface area contributed by atoms with Crippen LogP contribution in [0.3, 0.4) is 0 Å².